The lowest BCUT2D eigenvalue weighted by Crippen LogP contribution is -2.13. The van der Waals surface area contributed by atoms with Gasteiger partial charge in [0.25, 0.3) is 5.91 Å². The lowest BCUT2D eigenvalue weighted by atomic mass is 10.2. The number of benzene rings is 1. The maximum atomic E-state index is 13.3. The number of pyridine rings is 2. The predicted molar refractivity (Wildman–Crippen MR) is 118 cm³/mol. The summed E-state index contributed by atoms with van der Waals surface area (Å²) in [4.78, 5) is 23.6. The molecule has 0 fully saturated rings. The summed E-state index contributed by atoms with van der Waals surface area (Å²) in [5.74, 6) is 0.418. The number of anilines is 2. The Bertz CT molecular complexity index is 1310. The van der Waals surface area contributed by atoms with Gasteiger partial charge in [-0.05, 0) is 25.1 Å². The molecule has 1 amide bonds. The Hall–Kier alpha value is -3.99. The summed E-state index contributed by atoms with van der Waals surface area (Å²) in [6.45, 7) is 1.64. The molecule has 11 heteroatoms. The molecule has 7 nitrogen and oxygen atoms in total. The van der Waals surface area contributed by atoms with Crippen LogP contribution in [0.4, 0.5) is 24.8 Å². The van der Waals surface area contributed by atoms with Crippen molar-refractivity contribution in [3.63, 3.8) is 0 Å². The summed E-state index contributed by atoms with van der Waals surface area (Å²) in [6.07, 6.45) is -3.16. The molecule has 0 spiro atoms. The van der Waals surface area contributed by atoms with Crippen LogP contribution in [-0.4, -0.2) is 20.9 Å². The van der Waals surface area contributed by atoms with Gasteiger partial charge in [0.05, 0.1) is 11.3 Å². The molecule has 0 radical (unpaired) electrons. The number of ether oxygens (including phenoxy) is 1. The highest BCUT2D eigenvalue weighted by Gasteiger charge is 2.37. The summed E-state index contributed by atoms with van der Waals surface area (Å²) in [7, 11) is 0. The molecule has 0 aliphatic carbocycles. The van der Waals surface area contributed by atoms with Crippen LogP contribution in [0.2, 0.25) is 0 Å². The van der Waals surface area contributed by atoms with Crippen LogP contribution < -0.4 is 15.8 Å². The zero-order valence-corrected chi connectivity index (χ0v) is 17.9. The van der Waals surface area contributed by atoms with Crippen molar-refractivity contribution in [2.45, 2.75) is 13.1 Å². The Labute approximate surface area is 190 Å². The molecule has 0 unspecified atom stereocenters. The smallest absolute Gasteiger partial charge is 0.443 e. The Kier molecular flexibility index (Phi) is 5.97. The van der Waals surface area contributed by atoms with E-state index >= 15 is 0 Å². The average Bonchev–Trinajstić information content (AvgIpc) is 3.19. The van der Waals surface area contributed by atoms with Crippen LogP contribution in [-0.2, 0) is 6.18 Å². The van der Waals surface area contributed by atoms with E-state index in [1.54, 1.807) is 43.3 Å². The molecule has 0 bridgehead atoms. The highest BCUT2D eigenvalue weighted by Crippen LogP contribution is 2.44. The van der Waals surface area contributed by atoms with Crippen LogP contribution in [0.25, 0.3) is 11.3 Å². The fourth-order valence-corrected chi connectivity index (χ4v) is 3.77. The molecule has 3 N–H and O–H groups in total. The van der Waals surface area contributed by atoms with E-state index < -0.39 is 17.1 Å². The van der Waals surface area contributed by atoms with Gasteiger partial charge in [-0.3, -0.25) is 4.79 Å². The van der Waals surface area contributed by atoms with Crippen molar-refractivity contribution in [3.05, 3.63) is 77.1 Å². The number of rotatable bonds is 6. The third-order valence-corrected chi connectivity index (χ3v) is 5.41. The van der Waals surface area contributed by atoms with Crippen LogP contribution in [0.5, 0.6) is 10.8 Å². The van der Waals surface area contributed by atoms with Gasteiger partial charge in [-0.2, -0.15) is 13.2 Å². The SMILES string of the molecule is Cc1nc(Nc2cc(Oc3sc(C(F)(F)F)nc3-c3ccccc3)ccn2)ccc1C(N)=O. The highest BCUT2D eigenvalue weighted by atomic mass is 32.1. The fourth-order valence-electron chi connectivity index (χ4n) is 2.95. The first-order chi connectivity index (χ1) is 15.7. The maximum Gasteiger partial charge on any atom is 0.443 e. The summed E-state index contributed by atoms with van der Waals surface area (Å²) >= 11 is 0.417. The van der Waals surface area contributed by atoms with E-state index in [0.29, 0.717) is 39.8 Å². The molecule has 0 saturated carbocycles. The van der Waals surface area contributed by atoms with Gasteiger partial charge in [0, 0.05) is 17.8 Å². The molecule has 3 heterocycles. The summed E-state index contributed by atoms with van der Waals surface area (Å²) in [5, 5.41) is 1.97. The maximum absolute atomic E-state index is 13.3. The summed E-state index contributed by atoms with van der Waals surface area (Å²) in [6, 6.07) is 14.6. The predicted octanol–water partition coefficient (Wildman–Crippen LogP) is 5.56. The minimum Gasteiger partial charge on any atom is -0.444 e. The summed E-state index contributed by atoms with van der Waals surface area (Å²) in [5.41, 5.74) is 6.62. The number of hydrogen-bond acceptors (Lipinski definition) is 7. The molecular formula is C22H16F3N5O2S. The second-order valence-corrected chi connectivity index (χ2v) is 7.78. The van der Waals surface area contributed by atoms with E-state index in [4.69, 9.17) is 10.5 Å². The lowest BCUT2D eigenvalue weighted by molar-refractivity contribution is -0.137. The van der Waals surface area contributed by atoms with Gasteiger partial charge in [-0.1, -0.05) is 41.7 Å². The quantitative estimate of drug-likeness (QED) is 0.382. The van der Waals surface area contributed by atoms with Crippen LogP contribution >= 0.6 is 11.3 Å². The molecule has 0 saturated heterocycles. The number of nitrogens with zero attached hydrogens (tertiary/aromatic N) is 3. The lowest BCUT2D eigenvalue weighted by Gasteiger charge is -2.09. The molecule has 4 rings (SSSR count). The van der Waals surface area contributed by atoms with Crippen LogP contribution in [0.3, 0.4) is 0 Å². The van der Waals surface area contributed by atoms with Crippen molar-refractivity contribution >= 4 is 28.9 Å². The first-order valence-corrected chi connectivity index (χ1v) is 10.3. The third-order valence-electron chi connectivity index (χ3n) is 4.44. The van der Waals surface area contributed by atoms with Crippen molar-refractivity contribution in [2.75, 3.05) is 5.32 Å². The minimum absolute atomic E-state index is 0.00505. The van der Waals surface area contributed by atoms with Crippen molar-refractivity contribution < 1.29 is 22.7 Å². The number of carbonyl (C=O) groups excluding carboxylic acids is 1. The molecule has 0 aliphatic heterocycles. The molecule has 168 valence electrons. The molecule has 4 aromatic rings. The zero-order valence-electron chi connectivity index (χ0n) is 17.1. The van der Waals surface area contributed by atoms with E-state index in [-0.39, 0.29) is 16.5 Å². The Morgan fingerprint density at radius 1 is 1.06 bits per heavy atom. The number of hydrogen-bond donors (Lipinski definition) is 2. The monoisotopic (exact) mass is 471 g/mol. The van der Waals surface area contributed by atoms with E-state index in [0.717, 1.165) is 0 Å². The Morgan fingerprint density at radius 3 is 2.48 bits per heavy atom. The number of nitrogens with one attached hydrogen (secondary N) is 1. The molecular weight excluding hydrogens is 455 g/mol. The average molecular weight is 471 g/mol. The van der Waals surface area contributed by atoms with Crippen molar-refractivity contribution in [3.8, 4) is 22.1 Å². The van der Waals surface area contributed by atoms with Gasteiger partial charge < -0.3 is 15.8 Å². The molecule has 3 aromatic heterocycles. The first-order valence-electron chi connectivity index (χ1n) is 9.52. The molecule has 33 heavy (non-hydrogen) atoms. The van der Waals surface area contributed by atoms with E-state index in [9.17, 15) is 18.0 Å². The fraction of sp³-hybridized carbons (Fsp3) is 0.0909. The van der Waals surface area contributed by atoms with Gasteiger partial charge in [0.2, 0.25) is 10.1 Å². The normalized spacial score (nSPS) is 11.3. The number of amides is 1. The number of alkyl halides is 3. The van der Waals surface area contributed by atoms with Crippen molar-refractivity contribution in [1.29, 1.82) is 0 Å². The van der Waals surface area contributed by atoms with Gasteiger partial charge in [-0.15, -0.1) is 0 Å². The number of nitrogens with two attached hydrogens (primary N) is 1. The second kappa shape index (κ2) is 8.87. The second-order valence-electron chi connectivity index (χ2n) is 6.82. The largest absolute Gasteiger partial charge is 0.444 e. The van der Waals surface area contributed by atoms with Crippen LogP contribution in [0.1, 0.15) is 21.1 Å². The number of primary amides is 1. The third kappa shape index (κ3) is 5.09. The number of aromatic nitrogens is 3. The highest BCUT2D eigenvalue weighted by molar-refractivity contribution is 7.14. The van der Waals surface area contributed by atoms with Crippen LogP contribution in [0.15, 0.2) is 60.8 Å². The number of aryl methyl sites for hydroxylation is 1. The van der Waals surface area contributed by atoms with E-state index in [1.807, 2.05) is 0 Å². The Morgan fingerprint density at radius 2 is 1.82 bits per heavy atom. The molecule has 1 aromatic carbocycles. The summed E-state index contributed by atoms with van der Waals surface area (Å²) < 4.78 is 45.7. The zero-order chi connectivity index (χ0) is 23.6. The first kappa shape index (κ1) is 22.2. The van der Waals surface area contributed by atoms with E-state index in [2.05, 4.69) is 20.3 Å². The topological polar surface area (TPSA) is 103 Å². The van der Waals surface area contributed by atoms with Gasteiger partial charge in [-0.25, -0.2) is 15.0 Å². The molecule has 0 aliphatic rings. The minimum atomic E-state index is -4.60. The Balaban J connectivity index is 1.62. The number of halogens is 3. The van der Waals surface area contributed by atoms with Gasteiger partial charge >= 0.3 is 6.18 Å². The number of carbonyl (C=O) groups is 1. The molecule has 0 atom stereocenters. The number of thiazole rings is 1. The van der Waals surface area contributed by atoms with Crippen LogP contribution in [0, 0.1) is 6.92 Å². The van der Waals surface area contributed by atoms with Gasteiger partial charge in [0.15, 0.2) is 0 Å². The van der Waals surface area contributed by atoms with Gasteiger partial charge in [0.1, 0.15) is 23.1 Å². The van der Waals surface area contributed by atoms with Crippen molar-refractivity contribution in [2.24, 2.45) is 5.73 Å². The van der Waals surface area contributed by atoms with E-state index in [1.165, 1.54) is 24.4 Å². The standard InChI is InChI=1S/C22H16F3N5O2S/c1-12-15(19(26)31)7-8-16(28-12)29-17-11-14(9-10-27-17)32-20-18(13-5-3-2-4-6-13)30-21(33-20)22(23,24)25/h2-11H,1H3,(H2,26,31)(H,27,28,29). The van der Waals surface area contributed by atoms with Crippen molar-refractivity contribution in [1.82, 2.24) is 15.0 Å².